The van der Waals surface area contributed by atoms with Gasteiger partial charge in [-0.1, -0.05) is 18.0 Å². The molecule has 21 heavy (non-hydrogen) atoms. The van der Waals surface area contributed by atoms with E-state index >= 15 is 0 Å². The van der Waals surface area contributed by atoms with Gasteiger partial charge in [0.1, 0.15) is 5.75 Å². The Hall–Kier alpha value is -0.480. The van der Waals surface area contributed by atoms with Crippen molar-refractivity contribution in [3.63, 3.8) is 0 Å². The number of fused-ring (bicyclic) bond motifs is 1. The zero-order valence-corrected chi connectivity index (χ0v) is 13.9. The number of nitrogens with zero attached hydrogens (tertiary/aromatic N) is 1. The van der Waals surface area contributed by atoms with Gasteiger partial charge in [0.05, 0.1) is 6.61 Å². The Morgan fingerprint density at radius 1 is 1.33 bits per heavy atom. The average molecular weight is 331 g/mol. The third-order valence-corrected chi connectivity index (χ3v) is 4.67. The molecule has 1 unspecified atom stereocenters. The Bertz CT molecular complexity index is 480. The molecular formula is C16H24Cl2N2O. The van der Waals surface area contributed by atoms with Gasteiger partial charge in [-0.15, -0.1) is 12.4 Å². The lowest BCUT2D eigenvalue weighted by Gasteiger charge is -2.36. The third-order valence-electron chi connectivity index (χ3n) is 4.45. The van der Waals surface area contributed by atoms with E-state index in [-0.39, 0.29) is 12.4 Å². The van der Waals surface area contributed by atoms with Gasteiger partial charge >= 0.3 is 0 Å². The van der Waals surface area contributed by atoms with Crippen LogP contribution in [0.25, 0.3) is 0 Å². The van der Waals surface area contributed by atoms with E-state index in [4.69, 9.17) is 22.1 Å². The zero-order valence-electron chi connectivity index (χ0n) is 12.3. The van der Waals surface area contributed by atoms with Crippen molar-refractivity contribution in [1.82, 2.24) is 4.90 Å². The lowest BCUT2D eigenvalue weighted by molar-refractivity contribution is 0.132. The summed E-state index contributed by atoms with van der Waals surface area (Å²) in [5.41, 5.74) is 8.26. The second-order valence-corrected chi connectivity index (χ2v) is 6.29. The van der Waals surface area contributed by atoms with Crippen LogP contribution in [0.15, 0.2) is 12.1 Å². The number of rotatable bonds is 4. The monoisotopic (exact) mass is 330 g/mol. The van der Waals surface area contributed by atoms with Crippen molar-refractivity contribution >= 4 is 24.0 Å². The molecule has 2 N–H and O–H groups in total. The first kappa shape index (κ1) is 16.9. The highest BCUT2D eigenvalue weighted by atomic mass is 35.5. The number of hydrogen-bond acceptors (Lipinski definition) is 3. The van der Waals surface area contributed by atoms with Gasteiger partial charge < -0.3 is 10.5 Å². The molecule has 0 aromatic heterocycles. The van der Waals surface area contributed by atoms with E-state index < -0.39 is 0 Å². The van der Waals surface area contributed by atoms with Crippen LogP contribution >= 0.6 is 24.0 Å². The standard InChI is InChI=1S/C16H23ClN2O.ClH/c17-14-9-12-5-8-20-16(12)13(10-14)11-19-7-2-1-3-15(19)4-6-18;/h9-10,15H,1-8,11,18H2;1H. The summed E-state index contributed by atoms with van der Waals surface area (Å²) in [6.45, 7) is 3.65. The molecule has 0 amide bonds. The molecule has 5 heteroatoms. The van der Waals surface area contributed by atoms with Gasteiger partial charge in [0.15, 0.2) is 0 Å². The Morgan fingerprint density at radius 3 is 3.00 bits per heavy atom. The quantitative estimate of drug-likeness (QED) is 0.919. The predicted octanol–water partition coefficient (Wildman–Crippen LogP) is 3.40. The van der Waals surface area contributed by atoms with Crippen molar-refractivity contribution in [2.45, 2.75) is 44.7 Å². The van der Waals surface area contributed by atoms with Gasteiger partial charge in [0.25, 0.3) is 0 Å². The van der Waals surface area contributed by atoms with Crippen molar-refractivity contribution in [1.29, 1.82) is 0 Å². The molecule has 0 bridgehead atoms. The van der Waals surface area contributed by atoms with Crippen LogP contribution in [0.3, 0.4) is 0 Å². The molecule has 3 rings (SSSR count). The highest BCUT2D eigenvalue weighted by Crippen LogP contribution is 2.34. The number of likely N-dealkylation sites (tertiary alicyclic amines) is 1. The summed E-state index contributed by atoms with van der Waals surface area (Å²) >= 11 is 6.25. The van der Waals surface area contributed by atoms with E-state index in [1.54, 1.807) is 0 Å². The topological polar surface area (TPSA) is 38.5 Å². The molecule has 1 saturated heterocycles. The van der Waals surface area contributed by atoms with Gasteiger partial charge in [-0.25, -0.2) is 0 Å². The Balaban J connectivity index is 0.00000161. The van der Waals surface area contributed by atoms with Gasteiger partial charge in [-0.3, -0.25) is 4.90 Å². The normalized spacial score (nSPS) is 21.5. The summed E-state index contributed by atoms with van der Waals surface area (Å²) in [7, 11) is 0. The summed E-state index contributed by atoms with van der Waals surface area (Å²) < 4.78 is 5.81. The van der Waals surface area contributed by atoms with Crippen molar-refractivity contribution in [2.75, 3.05) is 19.7 Å². The lowest BCUT2D eigenvalue weighted by atomic mass is 9.98. The van der Waals surface area contributed by atoms with Crippen LogP contribution in [0.5, 0.6) is 5.75 Å². The molecule has 1 fully saturated rings. The van der Waals surface area contributed by atoms with E-state index in [1.807, 2.05) is 6.07 Å². The summed E-state index contributed by atoms with van der Waals surface area (Å²) in [5, 5.41) is 0.830. The minimum atomic E-state index is 0. The highest BCUT2D eigenvalue weighted by molar-refractivity contribution is 6.30. The number of benzene rings is 1. The second-order valence-electron chi connectivity index (χ2n) is 5.85. The van der Waals surface area contributed by atoms with E-state index in [0.29, 0.717) is 6.04 Å². The number of piperidine rings is 1. The number of halogens is 2. The zero-order chi connectivity index (χ0) is 13.9. The third kappa shape index (κ3) is 3.84. The first-order valence-electron chi connectivity index (χ1n) is 7.66. The fraction of sp³-hybridized carbons (Fsp3) is 0.625. The molecule has 2 aliphatic heterocycles. The lowest BCUT2D eigenvalue weighted by Crippen LogP contribution is -2.40. The smallest absolute Gasteiger partial charge is 0.127 e. The minimum absolute atomic E-state index is 0. The van der Waals surface area contributed by atoms with Crippen molar-refractivity contribution in [3.05, 3.63) is 28.3 Å². The predicted molar refractivity (Wildman–Crippen MR) is 89.6 cm³/mol. The van der Waals surface area contributed by atoms with Crippen LogP contribution in [-0.2, 0) is 13.0 Å². The minimum Gasteiger partial charge on any atom is -0.493 e. The summed E-state index contributed by atoms with van der Waals surface area (Å²) in [5.74, 6) is 1.08. The maximum Gasteiger partial charge on any atom is 0.127 e. The van der Waals surface area contributed by atoms with Crippen LogP contribution < -0.4 is 10.5 Å². The molecular weight excluding hydrogens is 307 g/mol. The average Bonchev–Trinajstić information content (AvgIpc) is 2.89. The number of ether oxygens (including phenoxy) is 1. The van der Waals surface area contributed by atoms with Crippen molar-refractivity contribution in [2.24, 2.45) is 5.73 Å². The number of hydrogen-bond donors (Lipinski definition) is 1. The maximum atomic E-state index is 6.25. The fourth-order valence-electron chi connectivity index (χ4n) is 3.47. The van der Waals surface area contributed by atoms with Crippen molar-refractivity contribution < 1.29 is 4.74 Å². The van der Waals surface area contributed by atoms with Gasteiger partial charge in [-0.2, -0.15) is 0 Å². The second kappa shape index (κ2) is 7.68. The molecule has 0 saturated carbocycles. The number of nitrogens with two attached hydrogens (primary N) is 1. The van der Waals surface area contributed by atoms with E-state index in [0.717, 1.165) is 49.9 Å². The van der Waals surface area contributed by atoms with Crippen LogP contribution in [0.2, 0.25) is 5.02 Å². The van der Waals surface area contributed by atoms with Crippen LogP contribution in [0.4, 0.5) is 0 Å². The molecule has 118 valence electrons. The van der Waals surface area contributed by atoms with Gasteiger partial charge in [0, 0.05) is 29.6 Å². The highest BCUT2D eigenvalue weighted by Gasteiger charge is 2.25. The molecule has 0 spiro atoms. The molecule has 1 aromatic rings. The molecule has 0 radical (unpaired) electrons. The molecule has 3 nitrogen and oxygen atoms in total. The molecule has 1 aromatic carbocycles. The first-order chi connectivity index (χ1) is 9.78. The Labute approximate surface area is 138 Å². The first-order valence-corrected chi connectivity index (χ1v) is 8.04. The molecule has 1 atom stereocenters. The molecule has 2 heterocycles. The fourth-order valence-corrected chi connectivity index (χ4v) is 3.73. The van der Waals surface area contributed by atoms with E-state index in [9.17, 15) is 0 Å². The van der Waals surface area contributed by atoms with Crippen LogP contribution in [0, 0.1) is 0 Å². The summed E-state index contributed by atoms with van der Waals surface area (Å²) in [6.07, 6.45) is 5.94. The molecule has 0 aliphatic carbocycles. The van der Waals surface area contributed by atoms with Crippen LogP contribution in [-0.4, -0.2) is 30.6 Å². The van der Waals surface area contributed by atoms with E-state index in [2.05, 4.69) is 11.0 Å². The SMILES string of the molecule is Cl.NCCC1CCCCN1Cc1cc(Cl)cc2c1OCC2. The Kier molecular flexibility index (Phi) is 6.18. The van der Waals surface area contributed by atoms with Gasteiger partial charge in [-0.05, 0) is 50.0 Å². The summed E-state index contributed by atoms with van der Waals surface area (Å²) in [4.78, 5) is 2.56. The summed E-state index contributed by atoms with van der Waals surface area (Å²) in [6, 6.07) is 4.73. The van der Waals surface area contributed by atoms with E-state index in [1.165, 1.54) is 30.4 Å². The Morgan fingerprint density at radius 2 is 2.19 bits per heavy atom. The van der Waals surface area contributed by atoms with Crippen LogP contribution in [0.1, 0.15) is 36.8 Å². The maximum absolute atomic E-state index is 6.25. The van der Waals surface area contributed by atoms with Gasteiger partial charge in [0.2, 0.25) is 0 Å². The molecule has 2 aliphatic rings. The largest absolute Gasteiger partial charge is 0.493 e. The van der Waals surface area contributed by atoms with Crippen molar-refractivity contribution in [3.8, 4) is 5.75 Å².